The van der Waals surface area contributed by atoms with E-state index in [2.05, 4.69) is 0 Å². The minimum atomic E-state index is -0.554. The minimum Gasteiger partial charge on any atom is -0.486 e. The molecule has 8 nitrogen and oxygen atoms in total. The Morgan fingerprint density at radius 2 is 1.83 bits per heavy atom. The summed E-state index contributed by atoms with van der Waals surface area (Å²) in [7, 11) is 0. The number of Topliss-reactive ketones (excluding diaryl/α,β-unsaturated/α-hetero) is 1. The highest BCUT2D eigenvalue weighted by atomic mass is 16.6. The molecule has 29 heavy (non-hydrogen) atoms. The van der Waals surface area contributed by atoms with Crippen LogP contribution in [0.5, 0.6) is 11.5 Å². The highest BCUT2D eigenvalue weighted by Crippen LogP contribution is 2.39. The maximum absolute atomic E-state index is 12.5. The predicted molar refractivity (Wildman–Crippen MR) is 103 cm³/mol. The van der Waals surface area contributed by atoms with E-state index in [9.17, 15) is 19.7 Å². The number of nitrogens with zero attached hydrogens (tertiary/aromatic N) is 2. The molecular weight excluding hydrogens is 376 g/mol. The van der Waals surface area contributed by atoms with E-state index in [1.807, 2.05) is 18.2 Å². The van der Waals surface area contributed by atoms with Gasteiger partial charge in [0.15, 0.2) is 12.4 Å². The van der Waals surface area contributed by atoms with Gasteiger partial charge in [0.05, 0.1) is 16.9 Å². The van der Waals surface area contributed by atoms with E-state index in [0.29, 0.717) is 49.4 Å². The zero-order valence-electron chi connectivity index (χ0n) is 15.7. The van der Waals surface area contributed by atoms with Gasteiger partial charge in [0.2, 0.25) is 0 Å². The number of piperidine rings is 1. The third kappa shape index (κ3) is 3.91. The molecule has 0 unspecified atom stereocenters. The highest BCUT2D eigenvalue weighted by Gasteiger charge is 2.43. The third-order valence-corrected chi connectivity index (χ3v) is 5.43. The summed E-state index contributed by atoms with van der Waals surface area (Å²) in [6.07, 6.45) is 1.48. The number of ether oxygens (including phenoxy) is 2. The number of carbonyl (C=O) groups excluding carboxylic acids is 2. The van der Waals surface area contributed by atoms with Crippen LogP contribution >= 0.6 is 0 Å². The molecule has 2 aromatic carbocycles. The number of nitro groups is 1. The van der Waals surface area contributed by atoms with E-state index in [1.165, 1.54) is 24.3 Å². The van der Waals surface area contributed by atoms with Crippen LogP contribution in [-0.4, -0.2) is 46.8 Å². The molecule has 0 radical (unpaired) electrons. The maximum atomic E-state index is 12.5. The number of non-ortho nitro benzene ring substituents is 1. The number of benzene rings is 2. The quantitative estimate of drug-likeness (QED) is 0.582. The smallest absolute Gasteiger partial charge is 0.269 e. The largest absolute Gasteiger partial charge is 0.486 e. The lowest BCUT2D eigenvalue weighted by Gasteiger charge is -2.43. The highest BCUT2D eigenvalue weighted by molar-refractivity contribution is 6.00. The number of likely N-dealkylation sites (tertiary alicyclic amines) is 1. The second-order valence-electron chi connectivity index (χ2n) is 7.30. The van der Waals surface area contributed by atoms with Gasteiger partial charge in [-0.05, 0) is 24.3 Å². The summed E-state index contributed by atoms with van der Waals surface area (Å²) in [4.78, 5) is 36.8. The van der Waals surface area contributed by atoms with Crippen LogP contribution in [0.3, 0.4) is 0 Å². The van der Waals surface area contributed by atoms with Gasteiger partial charge < -0.3 is 14.4 Å². The Labute approximate surface area is 167 Å². The van der Waals surface area contributed by atoms with Crippen LogP contribution in [0.2, 0.25) is 0 Å². The first-order valence-electron chi connectivity index (χ1n) is 9.42. The lowest BCUT2D eigenvalue weighted by Crippen LogP contribution is -2.53. The Kier molecular flexibility index (Phi) is 4.92. The minimum absolute atomic E-state index is 0.0337. The van der Waals surface area contributed by atoms with E-state index >= 15 is 0 Å². The average Bonchev–Trinajstić information content (AvgIpc) is 2.73. The van der Waals surface area contributed by atoms with Gasteiger partial charge in [0.25, 0.3) is 11.6 Å². The van der Waals surface area contributed by atoms with Gasteiger partial charge in [-0.3, -0.25) is 19.7 Å². The van der Waals surface area contributed by atoms with Crippen molar-refractivity contribution in [1.82, 2.24) is 4.90 Å². The Morgan fingerprint density at radius 1 is 1.14 bits per heavy atom. The van der Waals surface area contributed by atoms with E-state index in [4.69, 9.17) is 9.47 Å². The monoisotopic (exact) mass is 396 g/mol. The average molecular weight is 396 g/mol. The number of carbonyl (C=O) groups is 2. The molecule has 2 aromatic rings. The second kappa shape index (κ2) is 7.54. The summed E-state index contributed by atoms with van der Waals surface area (Å²) in [5.74, 6) is 0.925. The Hall–Kier alpha value is -3.42. The second-order valence-corrected chi connectivity index (χ2v) is 7.30. The number of nitro benzene ring substituents is 1. The van der Waals surface area contributed by atoms with Gasteiger partial charge in [-0.2, -0.15) is 0 Å². The predicted octanol–water partition coefficient (Wildman–Crippen LogP) is 3.00. The fourth-order valence-electron chi connectivity index (χ4n) is 3.79. The number of fused-ring (bicyclic) bond motifs is 1. The van der Waals surface area contributed by atoms with Crippen molar-refractivity contribution in [3.8, 4) is 11.5 Å². The van der Waals surface area contributed by atoms with Crippen molar-refractivity contribution in [3.63, 3.8) is 0 Å². The maximum Gasteiger partial charge on any atom is 0.269 e. The standard InChI is InChI=1S/C21H20N2O6/c24-18-13-21(29-19-4-2-1-3-17(18)19)9-11-22(12-10-21)20(25)14-28-16-7-5-15(6-8-16)23(26)27/h1-8H,9-14H2. The van der Waals surface area contributed by atoms with E-state index in [0.717, 1.165) is 0 Å². The van der Waals surface area contributed by atoms with Crippen LogP contribution in [-0.2, 0) is 4.79 Å². The molecular formula is C21H20N2O6. The first-order valence-corrected chi connectivity index (χ1v) is 9.42. The zero-order valence-corrected chi connectivity index (χ0v) is 15.7. The molecule has 1 spiro atoms. The van der Waals surface area contributed by atoms with Crippen molar-refractivity contribution in [2.75, 3.05) is 19.7 Å². The molecule has 150 valence electrons. The molecule has 0 atom stereocenters. The summed E-state index contributed by atoms with van der Waals surface area (Å²) in [5.41, 5.74) is 0.0308. The van der Waals surface area contributed by atoms with Gasteiger partial charge in [0, 0.05) is 38.1 Å². The first-order chi connectivity index (χ1) is 14.0. The van der Waals surface area contributed by atoms with Crippen molar-refractivity contribution >= 4 is 17.4 Å². The van der Waals surface area contributed by atoms with E-state index in [-0.39, 0.29) is 24.0 Å². The number of para-hydroxylation sites is 1. The molecule has 1 amide bonds. The SMILES string of the molecule is O=C1CC2(CCN(C(=O)COc3ccc([N+](=O)[O-])cc3)CC2)Oc2ccccc21. The molecule has 8 heteroatoms. The van der Waals surface area contributed by atoms with Gasteiger partial charge in [0.1, 0.15) is 17.1 Å². The van der Waals surface area contributed by atoms with Gasteiger partial charge in [-0.15, -0.1) is 0 Å². The summed E-state index contributed by atoms with van der Waals surface area (Å²) in [6.45, 7) is 0.823. The molecule has 2 aliphatic rings. The zero-order chi connectivity index (χ0) is 20.4. The molecule has 0 bridgehead atoms. The summed E-state index contributed by atoms with van der Waals surface area (Å²) < 4.78 is 11.6. The molecule has 0 aliphatic carbocycles. The Balaban J connectivity index is 1.32. The molecule has 1 fully saturated rings. The van der Waals surface area contributed by atoms with Crippen LogP contribution in [0.4, 0.5) is 5.69 Å². The molecule has 0 aromatic heterocycles. The van der Waals surface area contributed by atoms with Crippen molar-refractivity contribution in [2.45, 2.75) is 24.9 Å². The number of ketones is 1. The lowest BCUT2D eigenvalue weighted by molar-refractivity contribution is -0.384. The first kappa shape index (κ1) is 18.9. The van der Waals surface area contributed by atoms with Gasteiger partial charge in [-0.25, -0.2) is 0 Å². The van der Waals surface area contributed by atoms with E-state index in [1.54, 1.807) is 11.0 Å². The summed E-state index contributed by atoms with van der Waals surface area (Å²) in [6, 6.07) is 12.9. The van der Waals surface area contributed by atoms with Crippen LogP contribution < -0.4 is 9.47 Å². The van der Waals surface area contributed by atoms with Crippen molar-refractivity contribution < 1.29 is 24.0 Å². The fourth-order valence-corrected chi connectivity index (χ4v) is 3.79. The lowest BCUT2D eigenvalue weighted by atomic mass is 9.82. The Morgan fingerprint density at radius 3 is 2.52 bits per heavy atom. The van der Waals surface area contributed by atoms with Crippen LogP contribution in [0.1, 0.15) is 29.6 Å². The molecule has 0 saturated carbocycles. The van der Waals surface area contributed by atoms with Crippen molar-refractivity contribution in [2.24, 2.45) is 0 Å². The van der Waals surface area contributed by atoms with Gasteiger partial charge >= 0.3 is 0 Å². The fraction of sp³-hybridized carbons (Fsp3) is 0.333. The van der Waals surface area contributed by atoms with E-state index < -0.39 is 10.5 Å². The van der Waals surface area contributed by atoms with Crippen LogP contribution in [0.15, 0.2) is 48.5 Å². The molecule has 2 aliphatic heterocycles. The summed E-state index contributed by atoms with van der Waals surface area (Å²) in [5, 5.41) is 10.7. The normalized spacial score (nSPS) is 17.4. The van der Waals surface area contributed by atoms with Crippen LogP contribution in [0.25, 0.3) is 0 Å². The van der Waals surface area contributed by atoms with Crippen molar-refractivity contribution in [3.05, 3.63) is 64.2 Å². The van der Waals surface area contributed by atoms with Crippen molar-refractivity contribution in [1.29, 1.82) is 0 Å². The number of amides is 1. The number of hydrogen-bond donors (Lipinski definition) is 0. The summed E-state index contributed by atoms with van der Waals surface area (Å²) >= 11 is 0. The van der Waals surface area contributed by atoms with Crippen LogP contribution in [0, 0.1) is 10.1 Å². The molecule has 0 N–H and O–H groups in total. The third-order valence-electron chi connectivity index (χ3n) is 5.43. The molecule has 2 heterocycles. The molecule has 1 saturated heterocycles. The Bertz CT molecular complexity index is 948. The topological polar surface area (TPSA) is 99.0 Å². The molecule has 4 rings (SSSR count). The number of rotatable bonds is 4. The van der Waals surface area contributed by atoms with Gasteiger partial charge in [-0.1, -0.05) is 12.1 Å². The number of hydrogen-bond acceptors (Lipinski definition) is 6.